The van der Waals surface area contributed by atoms with Crippen LogP contribution in [0.5, 0.6) is 11.5 Å². The Labute approximate surface area is 310 Å². The predicted molar refractivity (Wildman–Crippen MR) is 203 cm³/mol. The number of hydrogen-bond acceptors (Lipinski definition) is 7. The van der Waals surface area contributed by atoms with E-state index in [0.717, 1.165) is 74.4 Å². The summed E-state index contributed by atoms with van der Waals surface area (Å²) in [7, 11) is 0. The fraction of sp³-hybridized carbons (Fsp3) is 0.341. The zero-order valence-electron chi connectivity index (χ0n) is 29.8. The van der Waals surface area contributed by atoms with Gasteiger partial charge in [-0.2, -0.15) is 0 Å². The number of rotatable bonds is 8. The number of imide groups is 1. The maximum Gasteiger partial charge on any atom is 0.255 e. The highest BCUT2D eigenvalue weighted by Gasteiger charge is 2.40. The van der Waals surface area contributed by atoms with Crippen molar-refractivity contribution in [3.63, 3.8) is 0 Å². The van der Waals surface area contributed by atoms with Crippen LogP contribution in [0.2, 0.25) is 0 Å². The summed E-state index contributed by atoms with van der Waals surface area (Å²) in [6.45, 7) is 5.96. The summed E-state index contributed by atoms with van der Waals surface area (Å²) in [5.41, 5.74) is 7.15. The number of benzene rings is 4. The standard InChI is InChI=1S/C44H44N4O5/c49-34-18-19-36-40(27-34)53-29-38(31-10-5-3-6-11-31)42(36)32-14-16-33(17-15-32)47-25-23-46(24-26-47)22-7-2-1-4-9-30-12-8-13-35-37(30)28-48(44(35)52)39-20-21-41(50)45-43(39)51/h3,5-6,8,10-19,27,38-39,42,49H,1-2,7,20-26,28-29H2,(H,45,50,51)/t38-,39?,42-/m0/s1. The number of amides is 3. The first-order chi connectivity index (χ1) is 25.9. The van der Waals surface area contributed by atoms with E-state index >= 15 is 0 Å². The molecule has 4 aliphatic rings. The Morgan fingerprint density at radius 1 is 0.849 bits per heavy atom. The second-order valence-electron chi connectivity index (χ2n) is 14.4. The van der Waals surface area contributed by atoms with Crippen molar-refractivity contribution in [2.45, 2.75) is 56.5 Å². The lowest BCUT2D eigenvalue weighted by Gasteiger charge is -2.37. The van der Waals surface area contributed by atoms with Gasteiger partial charge < -0.3 is 19.6 Å². The fourth-order valence-electron chi connectivity index (χ4n) is 8.33. The smallest absolute Gasteiger partial charge is 0.255 e. The van der Waals surface area contributed by atoms with Crippen molar-refractivity contribution in [2.75, 3.05) is 44.2 Å². The third-order valence-electron chi connectivity index (χ3n) is 11.2. The van der Waals surface area contributed by atoms with Crippen LogP contribution >= 0.6 is 0 Å². The first-order valence-electron chi connectivity index (χ1n) is 18.8. The number of nitrogens with zero attached hydrogens (tertiary/aromatic N) is 3. The van der Waals surface area contributed by atoms with Gasteiger partial charge in [0.15, 0.2) is 0 Å². The van der Waals surface area contributed by atoms with Crippen LogP contribution in [0.15, 0.2) is 91.0 Å². The van der Waals surface area contributed by atoms with Crippen LogP contribution < -0.4 is 15.0 Å². The molecule has 3 atom stereocenters. The highest BCUT2D eigenvalue weighted by atomic mass is 16.5. The number of unbranched alkanes of at least 4 members (excludes halogenated alkanes) is 2. The molecule has 53 heavy (non-hydrogen) atoms. The molecule has 0 bridgehead atoms. The van der Waals surface area contributed by atoms with Gasteiger partial charge in [-0.25, -0.2) is 0 Å². The minimum Gasteiger partial charge on any atom is -0.508 e. The van der Waals surface area contributed by atoms with Gasteiger partial charge in [-0.1, -0.05) is 66.4 Å². The Kier molecular flexibility index (Phi) is 9.88. The number of aromatic hydroxyl groups is 1. The Morgan fingerprint density at radius 3 is 2.45 bits per heavy atom. The van der Waals surface area contributed by atoms with Crippen LogP contribution in [0.3, 0.4) is 0 Å². The van der Waals surface area contributed by atoms with Crippen LogP contribution in [0.25, 0.3) is 0 Å². The summed E-state index contributed by atoms with van der Waals surface area (Å²) < 4.78 is 6.15. The predicted octanol–water partition coefficient (Wildman–Crippen LogP) is 5.81. The summed E-state index contributed by atoms with van der Waals surface area (Å²) in [5, 5.41) is 12.5. The highest BCUT2D eigenvalue weighted by molar-refractivity contribution is 6.05. The monoisotopic (exact) mass is 708 g/mol. The van der Waals surface area contributed by atoms with Gasteiger partial charge in [0.25, 0.3) is 5.91 Å². The van der Waals surface area contributed by atoms with Crippen LogP contribution in [-0.4, -0.2) is 78.0 Å². The van der Waals surface area contributed by atoms with Crippen molar-refractivity contribution in [2.24, 2.45) is 0 Å². The third-order valence-corrected chi connectivity index (χ3v) is 11.2. The zero-order chi connectivity index (χ0) is 36.3. The maximum atomic E-state index is 13.1. The second kappa shape index (κ2) is 15.2. The minimum atomic E-state index is -0.623. The van der Waals surface area contributed by atoms with E-state index in [1.54, 1.807) is 23.1 Å². The summed E-state index contributed by atoms with van der Waals surface area (Å²) in [4.78, 5) is 43.7. The molecule has 0 saturated carbocycles. The Morgan fingerprint density at radius 2 is 1.66 bits per heavy atom. The Balaban J connectivity index is 0.821. The van der Waals surface area contributed by atoms with Crippen LogP contribution in [0.1, 0.15) is 82.1 Å². The molecule has 0 radical (unpaired) electrons. The second-order valence-corrected chi connectivity index (χ2v) is 14.4. The van der Waals surface area contributed by atoms with Crippen molar-refractivity contribution in [1.82, 2.24) is 15.1 Å². The number of fused-ring (bicyclic) bond motifs is 2. The molecule has 9 heteroatoms. The molecule has 0 aliphatic carbocycles. The quantitative estimate of drug-likeness (QED) is 0.136. The van der Waals surface area contributed by atoms with Gasteiger partial charge in [-0.05, 0) is 72.8 Å². The molecule has 270 valence electrons. The van der Waals surface area contributed by atoms with E-state index in [9.17, 15) is 19.5 Å². The lowest BCUT2D eigenvalue weighted by Crippen LogP contribution is -2.52. The van der Waals surface area contributed by atoms with Crippen LogP contribution in [0.4, 0.5) is 5.69 Å². The number of ether oxygens (including phenoxy) is 1. The number of piperidine rings is 1. The number of phenolic OH excluding ortho intramolecular Hbond substituents is 1. The minimum absolute atomic E-state index is 0.130. The molecule has 3 amide bonds. The molecule has 0 aromatic heterocycles. The van der Waals surface area contributed by atoms with Gasteiger partial charge >= 0.3 is 0 Å². The molecular weight excluding hydrogens is 665 g/mol. The zero-order valence-corrected chi connectivity index (χ0v) is 29.8. The lowest BCUT2D eigenvalue weighted by molar-refractivity contribution is -0.136. The molecule has 2 N–H and O–H groups in total. The molecule has 2 saturated heterocycles. The summed E-state index contributed by atoms with van der Waals surface area (Å²) in [6.07, 6.45) is 3.45. The van der Waals surface area contributed by atoms with Gasteiger partial charge in [-0.15, -0.1) is 0 Å². The van der Waals surface area contributed by atoms with E-state index in [2.05, 4.69) is 75.5 Å². The van der Waals surface area contributed by atoms with Gasteiger partial charge in [0, 0.05) is 85.8 Å². The number of anilines is 1. The van der Waals surface area contributed by atoms with E-state index < -0.39 is 11.9 Å². The van der Waals surface area contributed by atoms with Crippen molar-refractivity contribution in [3.8, 4) is 23.3 Å². The molecule has 4 heterocycles. The number of phenols is 1. The first kappa shape index (κ1) is 34.5. The van der Waals surface area contributed by atoms with E-state index in [-0.39, 0.29) is 35.8 Å². The molecule has 2 fully saturated rings. The van der Waals surface area contributed by atoms with Crippen molar-refractivity contribution >= 4 is 23.4 Å². The van der Waals surface area contributed by atoms with Gasteiger partial charge in [0.2, 0.25) is 11.8 Å². The van der Waals surface area contributed by atoms with E-state index in [1.165, 1.54) is 16.8 Å². The van der Waals surface area contributed by atoms with Crippen LogP contribution in [-0.2, 0) is 16.1 Å². The summed E-state index contributed by atoms with van der Waals surface area (Å²) in [5.74, 6) is 7.04. The maximum absolute atomic E-state index is 13.1. The molecule has 4 aliphatic heterocycles. The van der Waals surface area contributed by atoms with E-state index in [1.807, 2.05) is 24.3 Å². The molecule has 4 aromatic carbocycles. The molecular formula is C44H44N4O5. The number of piperazine rings is 1. The molecule has 8 rings (SSSR count). The summed E-state index contributed by atoms with van der Waals surface area (Å²) >= 11 is 0. The first-order valence-corrected chi connectivity index (χ1v) is 18.8. The lowest BCUT2D eigenvalue weighted by atomic mass is 9.76. The van der Waals surface area contributed by atoms with Gasteiger partial charge in [0.1, 0.15) is 17.5 Å². The Hall–Kier alpha value is -5.59. The molecule has 0 spiro atoms. The molecule has 1 unspecified atom stereocenters. The third kappa shape index (κ3) is 7.24. The number of carbonyl (C=O) groups is 3. The number of nitrogens with one attached hydrogen (secondary N) is 1. The van der Waals surface area contributed by atoms with Gasteiger partial charge in [0.05, 0.1) is 6.61 Å². The van der Waals surface area contributed by atoms with E-state index in [4.69, 9.17) is 4.74 Å². The fourth-order valence-corrected chi connectivity index (χ4v) is 8.33. The highest BCUT2D eigenvalue weighted by Crippen LogP contribution is 2.47. The average molecular weight is 709 g/mol. The largest absolute Gasteiger partial charge is 0.508 e. The van der Waals surface area contributed by atoms with Gasteiger partial charge in [-0.3, -0.25) is 24.6 Å². The molecule has 9 nitrogen and oxygen atoms in total. The van der Waals surface area contributed by atoms with Crippen molar-refractivity contribution in [1.29, 1.82) is 0 Å². The van der Waals surface area contributed by atoms with E-state index in [0.29, 0.717) is 25.1 Å². The number of hydrogen-bond donors (Lipinski definition) is 2. The van der Waals surface area contributed by atoms with Crippen LogP contribution in [0, 0.1) is 11.8 Å². The normalized spacial score (nSPS) is 21.3. The van der Waals surface area contributed by atoms with Crippen molar-refractivity contribution < 1.29 is 24.2 Å². The average Bonchev–Trinajstić information content (AvgIpc) is 3.52. The molecule has 4 aromatic rings. The van der Waals surface area contributed by atoms with Crippen molar-refractivity contribution in [3.05, 3.63) is 124 Å². The Bertz CT molecular complexity index is 2060. The summed E-state index contributed by atoms with van der Waals surface area (Å²) in [6, 6.07) is 30.1. The number of carbonyl (C=O) groups excluding carboxylic acids is 3. The topological polar surface area (TPSA) is 102 Å². The SMILES string of the molecule is O=C1CCC(N2Cc3c(C#CCCCCN4CCN(c5ccc([C@H]6c7ccc(O)cc7OC[C@H]6c6ccccc6)cc5)CC4)cccc3C2=O)C(=O)N1.